The van der Waals surface area contributed by atoms with E-state index < -0.39 is 6.04 Å². The first kappa shape index (κ1) is 16.3. The molecule has 2 saturated heterocycles. The van der Waals surface area contributed by atoms with Crippen LogP contribution in [0.4, 0.5) is 0 Å². The lowest BCUT2D eigenvalue weighted by Crippen LogP contribution is -2.59. The number of carbonyl (C=O) groups excluding carboxylic acids is 2. The average Bonchev–Trinajstić information content (AvgIpc) is 2.46. The number of rotatable bonds is 3. The Bertz CT molecular complexity index is 389. The Hall–Kier alpha value is -1.10. The summed E-state index contributed by atoms with van der Waals surface area (Å²) in [6.07, 6.45) is 5.48. The highest BCUT2D eigenvalue weighted by atomic mass is 16.2. The van der Waals surface area contributed by atoms with Crippen molar-refractivity contribution in [2.24, 2.45) is 5.41 Å². The molecule has 0 radical (unpaired) electrons. The standard InChI is InChI=1S/C16H29N3O2/c1-12(15(21)19-10-5-4-6-11-19)18-14(20)13-16(2,3)8-7-9-17-13/h12-13,17H,4-11H2,1-3H3,(H,18,20). The van der Waals surface area contributed by atoms with Gasteiger partial charge in [-0.3, -0.25) is 9.59 Å². The fourth-order valence-corrected chi connectivity index (χ4v) is 3.41. The van der Waals surface area contributed by atoms with Gasteiger partial charge < -0.3 is 15.5 Å². The van der Waals surface area contributed by atoms with Crippen LogP contribution in [0.2, 0.25) is 0 Å². The molecule has 2 unspecified atom stereocenters. The minimum Gasteiger partial charge on any atom is -0.343 e. The van der Waals surface area contributed by atoms with Gasteiger partial charge in [0, 0.05) is 13.1 Å². The molecular formula is C16H29N3O2. The van der Waals surface area contributed by atoms with E-state index in [-0.39, 0.29) is 23.3 Å². The van der Waals surface area contributed by atoms with Crippen molar-refractivity contribution in [1.29, 1.82) is 0 Å². The topological polar surface area (TPSA) is 61.4 Å². The Balaban J connectivity index is 1.90. The Morgan fingerprint density at radius 1 is 1.19 bits per heavy atom. The molecule has 2 heterocycles. The highest BCUT2D eigenvalue weighted by molar-refractivity contribution is 5.90. The maximum absolute atomic E-state index is 12.5. The lowest BCUT2D eigenvalue weighted by molar-refractivity contribution is -0.138. The number of hydrogen-bond acceptors (Lipinski definition) is 3. The highest BCUT2D eigenvalue weighted by Crippen LogP contribution is 2.30. The summed E-state index contributed by atoms with van der Waals surface area (Å²) in [5, 5.41) is 6.21. The molecule has 120 valence electrons. The number of nitrogens with one attached hydrogen (secondary N) is 2. The van der Waals surface area contributed by atoms with Crippen LogP contribution in [0.3, 0.4) is 0 Å². The van der Waals surface area contributed by atoms with Crippen LogP contribution in [-0.2, 0) is 9.59 Å². The van der Waals surface area contributed by atoms with Crippen molar-refractivity contribution in [2.45, 2.75) is 65.0 Å². The third-order valence-corrected chi connectivity index (χ3v) is 4.79. The van der Waals surface area contributed by atoms with Crippen molar-refractivity contribution < 1.29 is 9.59 Å². The van der Waals surface area contributed by atoms with Gasteiger partial charge in [-0.1, -0.05) is 13.8 Å². The SMILES string of the molecule is CC(NC(=O)C1NCCCC1(C)C)C(=O)N1CCCCC1. The molecule has 2 atom stereocenters. The number of carbonyl (C=O) groups is 2. The normalized spacial score (nSPS) is 27.0. The van der Waals surface area contributed by atoms with Gasteiger partial charge in [0.05, 0.1) is 6.04 Å². The molecule has 0 bridgehead atoms. The Morgan fingerprint density at radius 3 is 2.48 bits per heavy atom. The second-order valence-corrected chi connectivity index (χ2v) is 7.10. The van der Waals surface area contributed by atoms with E-state index in [2.05, 4.69) is 24.5 Å². The number of hydrogen-bond donors (Lipinski definition) is 2. The zero-order chi connectivity index (χ0) is 15.5. The van der Waals surface area contributed by atoms with Gasteiger partial charge in [0.2, 0.25) is 11.8 Å². The van der Waals surface area contributed by atoms with E-state index in [4.69, 9.17) is 0 Å². The van der Waals surface area contributed by atoms with E-state index in [1.165, 1.54) is 6.42 Å². The second kappa shape index (κ2) is 6.77. The summed E-state index contributed by atoms with van der Waals surface area (Å²) in [5.74, 6) is 0.00854. The van der Waals surface area contributed by atoms with Crippen LogP contribution in [0.25, 0.3) is 0 Å². The van der Waals surface area contributed by atoms with Gasteiger partial charge in [-0.05, 0) is 51.0 Å². The Kier molecular flexibility index (Phi) is 5.25. The Morgan fingerprint density at radius 2 is 1.86 bits per heavy atom. The zero-order valence-electron chi connectivity index (χ0n) is 13.6. The van der Waals surface area contributed by atoms with Crippen LogP contribution in [0.15, 0.2) is 0 Å². The molecule has 0 aromatic heterocycles. The van der Waals surface area contributed by atoms with Crippen LogP contribution < -0.4 is 10.6 Å². The van der Waals surface area contributed by atoms with Gasteiger partial charge >= 0.3 is 0 Å². The molecule has 2 aliphatic heterocycles. The maximum Gasteiger partial charge on any atom is 0.244 e. The third-order valence-electron chi connectivity index (χ3n) is 4.79. The lowest BCUT2D eigenvalue weighted by Gasteiger charge is -2.39. The molecule has 2 aliphatic rings. The maximum atomic E-state index is 12.5. The fourth-order valence-electron chi connectivity index (χ4n) is 3.41. The van der Waals surface area contributed by atoms with E-state index in [1.807, 2.05) is 4.90 Å². The zero-order valence-corrected chi connectivity index (χ0v) is 13.6. The van der Waals surface area contributed by atoms with E-state index in [0.717, 1.165) is 45.3 Å². The van der Waals surface area contributed by atoms with Gasteiger partial charge in [0.1, 0.15) is 6.04 Å². The summed E-state index contributed by atoms with van der Waals surface area (Å²) >= 11 is 0. The molecule has 0 saturated carbocycles. The van der Waals surface area contributed by atoms with Crippen LogP contribution in [0.1, 0.15) is 52.9 Å². The summed E-state index contributed by atoms with van der Waals surface area (Å²) in [6, 6.07) is -0.641. The molecule has 5 nitrogen and oxygen atoms in total. The molecule has 21 heavy (non-hydrogen) atoms. The molecule has 5 heteroatoms. The van der Waals surface area contributed by atoms with Crippen molar-refractivity contribution in [3.63, 3.8) is 0 Å². The third kappa shape index (κ3) is 3.96. The number of nitrogens with zero attached hydrogens (tertiary/aromatic N) is 1. The minimum absolute atomic E-state index is 0.0439. The molecule has 0 aromatic rings. The van der Waals surface area contributed by atoms with Crippen LogP contribution in [0, 0.1) is 5.41 Å². The van der Waals surface area contributed by atoms with E-state index >= 15 is 0 Å². The largest absolute Gasteiger partial charge is 0.343 e. The van der Waals surface area contributed by atoms with Crippen LogP contribution in [0.5, 0.6) is 0 Å². The molecule has 0 spiro atoms. The molecular weight excluding hydrogens is 266 g/mol. The lowest BCUT2D eigenvalue weighted by atomic mass is 9.77. The predicted octanol–water partition coefficient (Wildman–Crippen LogP) is 1.28. The molecule has 2 amide bonds. The van der Waals surface area contributed by atoms with Gasteiger partial charge in [0.15, 0.2) is 0 Å². The van der Waals surface area contributed by atoms with Crippen molar-refractivity contribution in [2.75, 3.05) is 19.6 Å². The average molecular weight is 295 g/mol. The van der Waals surface area contributed by atoms with Gasteiger partial charge in [-0.25, -0.2) is 0 Å². The fraction of sp³-hybridized carbons (Fsp3) is 0.875. The first-order valence-corrected chi connectivity index (χ1v) is 8.24. The smallest absolute Gasteiger partial charge is 0.244 e. The highest BCUT2D eigenvalue weighted by Gasteiger charge is 2.38. The molecule has 2 rings (SSSR count). The van der Waals surface area contributed by atoms with Crippen LogP contribution >= 0.6 is 0 Å². The second-order valence-electron chi connectivity index (χ2n) is 7.10. The predicted molar refractivity (Wildman–Crippen MR) is 82.8 cm³/mol. The first-order valence-electron chi connectivity index (χ1n) is 8.24. The summed E-state index contributed by atoms with van der Waals surface area (Å²) < 4.78 is 0. The van der Waals surface area contributed by atoms with Crippen molar-refractivity contribution in [3.8, 4) is 0 Å². The Labute approximate surface area is 127 Å². The van der Waals surface area contributed by atoms with Gasteiger partial charge in [0.25, 0.3) is 0 Å². The van der Waals surface area contributed by atoms with Crippen molar-refractivity contribution in [3.05, 3.63) is 0 Å². The summed E-state index contributed by atoms with van der Waals surface area (Å²) in [7, 11) is 0. The molecule has 2 N–H and O–H groups in total. The summed E-state index contributed by atoms with van der Waals surface area (Å²) in [6.45, 7) is 8.54. The molecule has 0 aliphatic carbocycles. The number of piperidine rings is 2. The van der Waals surface area contributed by atoms with E-state index in [9.17, 15) is 9.59 Å². The van der Waals surface area contributed by atoms with E-state index in [1.54, 1.807) is 6.92 Å². The number of amides is 2. The van der Waals surface area contributed by atoms with Crippen molar-refractivity contribution in [1.82, 2.24) is 15.5 Å². The van der Waals surface area contributed by atoms with Crippen molar-refractivity contribution >= 4 is 11.8 Å². The molecule has 0 aromatic carbocycles. The summed E-state index contributed by atoms with van der Waals surface area (Å²) in [5.41, 5.74) is -0.0593. The van der Waals surface area contributed by atoms with Gasteiger partial charge in [-0.2, -0.15) is 0 Å². The van der Waals surface area contributed by atoms with Gasteiger partial charge in [-0.15, -0.1) is 0 Å². The molecule has 2 fully saturated rings. The van der Waals surface area contributed by atoms with Crippen LogP contribution in [-0.4, -0.2) is 48.4 Å². The quantitative estimate of drug-likeness (QED) is 0.824. The summed E-state index contributed by atoms with van der Waals surface area (Å²) in [4.78, 5) is 26.7. The first-order chi connectivity index (χ1) is 9.92. The monoisotopic (exact) mass is 295 g/mol. The number of likely N-dealkylation sites (tertiary alicyclic amines) is 1. The van der Waals surface area contributed by atoms with E-state index in [0.29, 0.717) is 0 Å². The minimum atomic E-state index is -0.435.